The number of rotatable bonds is 7. The zero-order valence-corrected chi connectivity index (χ0v) is 18.3. The summed E-state index contributed by atoms with van der Waals surface area (Å²) in [4.78, 5) is 12.1. The lowest BCUT2D eigenvalue weighted by atomic mass is 10.0. The van der Waals surface area contributed by atoms with Crippen LogP contribution in [0, 0.1) is 0 Å². The van der Waals surface area contributed by atoms with Crippen LogP contribution in [0.15, 0.2) is 47.7 Å². The second-order valence-corrected chi connectivity index (χ2v) is 8.54. The largest absolute Gasteiger partial charge is 0.357 e. The quantitative estimate of drug-likeness (QED) is 0.545. The molecule has 0 spiro atoms. The van der Waals surface area contributed by atoms with Crippen LogP contribution in [0.2, 0.25) is 0 Å². The van der Waals surface area contributed by atoms with E-state index in [1.54, 1.807) is 0 Å². The van der Waals surface area contributed by atoms with E-state index in [-0.39, 0.29) is 0 Å². The van der Waals surface area contributed by atoms with E-state index in [0.29, 0.717) is 12.6 Å². The molecule has 0 radical (unpaired) electrons. The SMILES string of the molecule is CCNC(=NCc1nccn1Cc1ccccc1)NC1CCN(C2CCCC2)CC1. The second kappa shape index (κ2) is 10.6. The van der Waals surface area contributed by atoms with Gasteiger partial charge >= 0.3 is 0 Å². The maximum absolute atomic E-state index is 4.85. The number of likely N-dealkylation sites (tertiary alicyclic amines) is 1. The van der Waals surface area contributed by atoms with E-state index < -0.39 is 0 Å². The topological polar surface area (TPSA) is 57.5 Å². The Morgan fingerprint density at radius 2 is 1.87 bits per heavy atom. The van der Waals surface area contributed by atoms with Crippen LogP contribution >= 0.6 is 0 Å². The van der Waals surface area contributed by atoms with Gasteiger partial charge in [0.15, 0.2) is 5.96 Å². The molecular formula is C24H36N6. The van der Waals surface area contributed by atoms with Crippen molar-refractivity contribution in [1.82, 2.24) is 25.1 Å². The highest BCUT2D eigenvalue weighted by molar-refractivity contribution is 5.80. The Morgan fingerprint density at radius 1 is 1.10 bits per heavy atom. The van der Waals surface area contributed by atoms with Crippen LogP contribution in [0.4, 0.5) is 0 Å². The second-order valence-electron chi connectivity index (χ2n) is 8.54. The molecule has 2 heterocycles. The van der Waals surface area contributed by atoms with Crippen molar-refractivity contribution in [3.8, 4) is 0 Å². The fourth-order valence-corrected chi connectivity index (χ4v) is 4.76. The number of guanidine groups is 1. The van der Waals surface area contributed by atoms with Crippen LogP contribution in [0.5, 0.6) is 0 Å². The molecule has 4 rings (SSSR count). The average Bonchev–Trinajstić information content (AvgIpc) is 3.46. The van der Waals surface area contributed by atoms with Gasteiger partial charge in [0.05, 0.1) is 0 Å². The summed E-state index contributed by atoms with van der Waals surface area (Å²) in [5.74, 6) is 1.90. The van der Waals surface area contributed by atoms with E-state index in [1.807, 2.05) is 12.4 Å². The van der Waals surface area contributed by atoms with Crippen LogP contribution in [0.25, 0.3) is 0 Å². The van der Waals surface area contributed by atoms with Crippen molar-refractivity contribution in [2.75, 3.05) is 19.6 Å². The molecule has 6 heteroatoms. The summed E-state index contributed by atoms with van der Waals surface area (Å²) in [6.07, 6.45) is 11.9. The molecule has 162 valence electrons. The molecule has 2 aliphatic rings. The smallest absolute Gasteiger partial charge is 0.191 e. The lowest BCUT2D eigenvalue weighted by molar-refractivity contribution is 0.150. The summed E-state index contributed by atoms with van der Waals surface area (Å²) in [6, 6.07) is 11.9. The zero-order chi connectivity index (χ0) is 20.6. The van der Waals surface area contributed by atoms with Crippen LogP contribution < -0.4 is 10.6 Å². The normalized spacial score (nSPS) is 19.3. The summed E-state index contributed by atoms with van der Waals surface area (Å²) in [7, 11) is 0. The number of nitrogens with zero attached hydrogens (tertiary/aromatic N) is 4. The maximum Gasteiger partial charge on any atom is 0.191 e. The third kappa shape index (κ3) is 5.63. The molecule has 0 amide bonds. The molecule has 1 aromatic heterocycles. The van der Waals surface area contributed by atoms with Gasteiger partial charge in [-0.1, -0.05) is 43.2 Å². The summed E-state index contributed by atoms with van der Waals surface area (Å²) in [5.41, 5.74) is 1.28. The molecule has 0 atom stereocenters. The molecule has 0 unspecified atom stereocenters. The fraction of sp³-hybridized carbons (Fsp3) is 0.583. The number of aromatic nitrogens is 2. The van der Waals surface area contributed by atoms with Crippen molar-refractivity contribution in [2.45, 2.75) is 70.6 Å². The van der Waals surface area contributed by atoms with Gasteiger partial charge < -0.3 is 20.1 Å². The number of piperidine rings is 1. The van der Waals surface area contributed by atoms with Gasteiger partial charge in [-0.15, -0.1) is 0 Å². The predicted octanol–water partition coefficient (Wildman–Crippen LogP) is 3.39. The maximum atomic E-state index is 4.85. The summed E-state index contributed by atoms with van der Waals surface area (Å²) in [6.45, 7) is 6.82. The van der Waals surface area contributed by atoms with Gasteiger partial charge in [-0.05, 0) is 38.2 Å². The third-order valence-electron chi connectivity index (χ3n) is 6.43. The summed E-state index contributed by atoms with van der Waals surface area (Å²) >= 11 is 0. The first-order valence-corrected chi connectivity index (χ1v) is 11.6. The molecule has 1 aliphatic carbocycles. The number of hydrogen-bond acceptors (Lipinski definition) is 3. The monoisotopic (exact) mass is 408 g/mol. The van der Waals surface area contributed by atoms with E-state index in [4.69, 9.17) is 4.99 Å². The van der Waals surface area contributed by atoms with Gasteiger partial charge in [0.25, 0.3) is 0 Å². The molecule has 1 saturated carbocycles. The lowest BCUT2D eigenvalue weighted by Gasteiger charge is -2.36. The fourth-order valence-electron chi connectivity index (χ4n) is 4.76. The highest BCUT2D eigenvalue weighted by atomic mass is 15.2. The van der Waals surface area contributed by atoms with Crippen molar-refractivity contribution in [3.05, 3.63) is 54.1 Å². The van der Waals surface area contributed by atoms with Gasteiger partial charge in [0.1, 0.15) is 12.4 Å². The third-order valence-corrected chi connectivity index (χ3v) is 6.43. The number of benzene rings is 1. The molecule has 2 aromatic rings. The number of nitrogens with one attached hydrogen (secondary N) is 2. The molecular weight excluding hydrogens is 372 g/mol. The van der Waals surface area contributed by atoms with Gasteiger partial charge in [0.2, 0.25) is 0 Å². The van der Waals surface area contributed by atoms with Crippen molar-refractivity contribution >= 4 is 5.96 Å². The molecule has 6 nitrogen and oxygen atoms in total. The Hall–Kier alpha value is -2.34. The van der Waals surface area contributed by atoms with Gasteiger partial charge in [0, 0.05) is 50.7 Å². The Bertz CT molecular complexity index is 785. The Morgan fingerprint density at radius 3 is 2.60 bits per heavy atom. The molecule has 1 saturated heterocycles. The molecule has 2 N–H and O–H groups in total. The van der Waals surface area contributed by atoms with Gasteiger partial charge in [-0.3, -0.25) is 0 Å². The van der Waals surface area contributed by atoms with Crippen LogP contribution in [-0.4, -0.2) is 52.1 Å². The van der Waals surface area contributed by atoms with E-state index in [2.05, 4.69) is 62.3 Å². The first kappa shape index (κ1) is 20.9. The van der Waals surface area contributed by atoms with Gasteiger partial charge in [-0.2, -0.15) is 0 Å². The minimum atomic E-state index is 0.504. The average molecular weight is 409 g/mol. The van der Waals surface area contributed by atoms with Crippen LogP contribution in [0.3, 0.4) is 0 Å². The highest BCUT2D eigenvalue weighted by Gasteiger charge is 2.27. The first-order valence-electron chi connectivity index (χ1n) is 11.6. The molecule has 1 aromatic carbocycles. The van der Waals surface area contributed by atoms with Gasteiger partial charge in [-0.25, -0.2) is 9.98 Å². The van der Waals surface area contributed by atoms with Crippen molar-refractivity contribution in [2.24, 2.45) is 4.99 Å². The zero-order valence-electron chi connectivity index (χ0n) is 18.3. The van der Waals surface area contributed by atoms with Crippen LogP contribution in [-0.2, 0) is 13.1 Å². The van der Waals surface area contributed by atoms with E-state index in [0.717, 1.165) is 30.9 Å². The van der Waals surface area contributed by atoms with Crippen molar-refractivity contribution in [3.63, 3.8) is 0 Å². The minimum Gasteiger partial charge on any atom is -0.357 e. The summed E-state index contributed by atoms with van der Waals surface area (Å²) in [5, 5.41) is 7.09. The molecule has 2 fully saturated rings. The Kier molecular flexibility index (Phi) is 7.40. The van der Waals surface area contributed by atoms with Crippen LogP contribution in [0.1, 0.15) is 56.8 Å². The number of aliphatic imine (C=N–C) groups is 1. The summed E-state index contributed by atoms with van der Waals surface area (Å²) < 4.78 is 2.18. The van der Waals surface area contributed by atoms with E-state index >= 15 is 0 Å². The molecule has 0 bridgehead atoms. The number of hydrogen-bond donors (Lipinski definition) is 2. The lowest BCUT2D eigenvalue weighted by Crippen LogP contribution is -2.50. The molecule has 30 heavy (non-hydrogen) atoms. The van der Waals surface area contributed by atoms with Crippen molar-refractivity contribution in [1.29, 1.82) is 0 Å². The van der Waals surface area contributed by atoms with E-state index in [1.165, 1.54) is 57.2 Å². The minimum absolute atomic E-state index is 0.504. The Labute approximate surface area is 180 Å². The van der Waals surface area contributed by atoms with Crippen molar-refractivity contribution < 1.29 is 0 Å². The predicted molar refractivity (Wildman–Crippen MR) is 123 cm³/mol. The molecule has 1 aliphatic heterocycles. The highest BCUT2D eigenvalue weighted by Crippen LogP contribution is 2.26. The van der Waals surface area contributed by atoms with E-state index in [9.17, 15) is 0 Å². The number of imidazole rings is 1. The Balaban J connectivity index is 1.32. The standard InChI is InChI=1S/C24H36N6/c1-2-25-24(28-21-12-15-29(16-13-21)22-10-6-7-11-22)27-18-23-26-14-17-30(23)19-20-8-4-3-5-9-20/h3-5,8-9,14,17,21-22H,2,6-7,10-13,15-16,18-19H2,1H3,(H2,25,27,28). The first-order chi connectivity index (χ1) is 14.8.